The number of hydrogen-bond donors (Lipinski definition) is 0. The SMILES string of the molecule is CC(C)(C)OC(=O)N1CCC(C(=O)N2CCCC[C@@H]2c2nc3ccccc3s2)CC1. The van der Waals surface area contributed by atoms with Gasteiger partial charge < -0.3 is 14.5 Å². The van der Waals surface area contributed by atoms with E-state index in [-0.39, 0.29) is 24.0 Å². The van der Waals surface area contributed by atoms with Crippen LogP contribution in [0.1, 0.15) is 63.9 Å². The number of aromatic nitrogens is 1. The molecule has 0 radical (unpaired) electrons. The van der Waals surface area contributed by atoms with Crippen LogP contribution in [-0.4, -0.2) is 52.0 Å². The molecule has 1 atom stereocenters. The number of ether oxygens (including phenoxy) is 1. The first kappa shape index (κ1) is 21.1. The van der Waals surface area contributed by atoms with Crippen molar-refractivity contribution in [3.8, 4) is 0 Å². The molecule has 0 unspecified atom stereocenters. The van der Waals surface area contributed by atoms with Crippen LogP contribution in [0.15, 0.2) is 24.3 Å². The van der Waals surface area contributed by atoms with Gasteiger partial charge in [-0.1, -0.05) is 12.1 Å². The normalized spacial score (nSPS) is 21.1. The lowest BCUT2D eigenvalue weighted by Crippen LogP contribution is -2.47. The first-order chi connectivity index (χ1) is 14.3. The van der Waals surface area contributed by atoms with E-state index in [0.29, 0.717) is 25.9 Å². The summed E-state index contributed by atoms with van der Waals surface area (Å²) in [6.45, 7) is 7.57. The van der Waals surface area contributed by atoms with Gasteiger partial charge in [0.1, 0.15) is 10.6 Å². The van der Waals surface area contributed by atoms with Crippen molar-refractivity contribution >= 4 is 33.6 Å². The molecule has 2 aliphatic heterocycles. The van der Waals surface area contributed by atoms with E-state index in [2.05, 4.69) is 11.0 Å². The molecule has 0 aliphatic carbocycles. The van der Waals surface area contributed by atoms with E-state index in [4.69, 9.17) is 9.72 Å². The maximum Gasteiger partial charge on any atom is 0.410 e. The quantitative estimate of drug-likeness (QED) is 0.674. The molecule has 0 saturated carbocycles. The van der Waals surface area contributed by atoms with Gasteiger partial charge in [-0.2, -0.15) is 0 Å². The third kappa shape index (κ3) is 4.61. The highest BCUT2D eigenvalue weighted by Crippen LogP contribution is 2.37. The molecule has 7 heteroatoms. The van der Waals surface area contributed by atoms with E-state index in [1.807, 2.05) is 39.0 Å². The standard InChI is InChI=1S/C23H31N3O3S/c1-23(2,3)29-22(28)25-14-11-16(12-15-25)21(27)26-13-7-6-9-18(26)20-24-17-8-4-5-10-19(17)30-20/h4-5,8,10,16,18H,6-7,9,11-15H2,1-3H3/t18-/m1/s1. The molecule has 162 valence electrons. The maximum absolute atomic E-state index is 13.4. The molecule has 0 N–H and O–H groups in total. The summed E-state index contributed by atoms with van der Waals surface area (Å²) in [7, 11) is 0. The van der Waals surface area contributed by atoms with Gasteiger partial charge in [-0.15, -0.1) is 11.3 Å². The smallest absolute Gasteiger partial charge is 0.410 e. The Labute approximate surface area is 182 Å². The number of thiazole rings is 1. The zero-order chi connectivity index (χ0) is 21.3. The monoisotopic (exact) mass is 429 g/mol. The summed E-state index contributed by atoms with van der Waals surface area (Å²) in [6.07, 6.45) is 4.26. The van der Waals surface area contributed by atoms with E-state index in [0.717, 1.165) is 36.3 Å². The van der Waals surface area contributed by atoms with E-state index < -0.39 is 5.60 Å². The number of likely N-dealkylation sites (tertiary alicyclic amines) is 2. The molecule has 0 spiro atoms. The Morgan fingerprint density at radius 1 is 1.07 bits per heavy atom. The number of carbonyl (C=O) groups is 2. The lowest BCUT2D eigenvalue weighted by Gasteiger charge is -2.39. The summed E-state index contributed by atoms with van der Waals surface area (Å²) in [5.74, 6) is 0.196. The van der Waals surface area contributed by atoms with Gasteiger partial charge in [0.05, 0.1) is 16.3 Å². The first-order valence-corrected chi connectivity index (χ1v) is 11.8. The van der Waals surface area contributed by atoms with Crippen LogP contribution in [0.3, 0.4) is 0 Å². The largest absolute Gasteiger partial charge is 0.444 e. The highest BCUT2D eigenvalue weighted by molar-refractivity contribution is 7.18. The van der Waals surface area contributed by atoms with Crippen molar-refractivity contribution in [3.05, 3.63) is 29.3 Å². The van der Waals surface area contributed by atoms with E-state index >= 15 is 0 Å². The lowest BCUT2D eigenvalue weighted by atomic mass is 9.92. The van der Waals surface area contributed by atoms with Crippen LogP contribution in [0.25, 0.3) is 10.2 Å². The molecule has 2 aromatic rings. The van der Waals surface area contributed by atoms with Crippen molar-refractivity contribution in [2.45, 2.75) is 64.5 Å². The minimum atomic E-state index is -0.498. The fourth-order valence-electron chi connectivity index (χ4n) is 4.35. The number of rotatable bonds is 2. The summed E-state index contributed by atoms with van der Waals surface area (Å²) in [5.41, 5.74) is 0.517. The van der Waals surface area contributed by atoms with Gasteiger partial charge in [0.2, 0.25) is 5.91 Å². The van der Waals surface area contributed by atoms with Crippen LogP contribution in [0.5, 0.6) is 0 Å². The van der Waals surface area contributed by atoms with Crippen molar-refractivity contribution in [1.82, 2.24) is 14.8 Å². The number of fused-ring (bicyclic) bond motifs is 1. The number of nitrogens with zero attached hydrogens (tertiary/aromatic N) is 3. The van der Waals surface area contributed by atoms with E-state index in [1.54, 1.807) is 16.2 Å². The minimum Gasteiger partial charge on any atom is -0.444 e. The second-order valence-corrected chi connectivity index (χ2v) is 10.4. The van der Waals surface area contributed by atoms with Crippen molar-refractivity contribution < 1.29 is 14.3 Å². The van der Waals surface area contributed by atoms with Crippen molar-refractivity contribution in [1.29, 1.82) is 0 Å². The molecule has 3 heterocycles. The molecule has 6 nitrogen and oxygen atoms in total. The maximum atomic E-state index is 13.4. The van der Waals surface area contributed by atoms with Crippen molar-refractivity contribution in [2.24, 2.45) is 5.92 Å². The summed E-state index contributed by atoms with van der Waals surface area (Å²) < 4.78 is 6.65. The van der Waals surface area contributed by atoms with Crippen LogP contribution in [0.4, 0.5) is 4.79 Å². The summed E-state index contributed by atoms with van der Waals surface area (Å²) in [6, 6.07) is 8.25. The first-order valence-electron chi connectivity index (χ1n) is 11.0. The minimum absolute atomic E-state index is 0.0290. The van der Waals surface area contributed by atoms with Crippen LogP contribution >= 0.6 is 11.3 Å². The van der Waals surface area contributed by atoms with Gasteiger partial charge in [-0.3, -0.25) is 4.79 Å². The molecule has 2 saturated heterocycles. The number of para-hydroxylation sites is 1. The van der Waals surface area contributed by atoms with Gasteiger partial charge in [0, 0.05) is 25.6 Å². The third-order valence-corrected chi connectivity index (χ3v) is 7.01. The summed E-state index contributed by atoms with van der Waals surface area (Å²) in [4.78, 5) is 34.4. The van der Waals surface area contributed by atoms with Crippen molar-refractivity contribution in [3.63, 3.8) is 0 Å². The van der Waals surface area contributed by atoms with Gasteiger partial charge >= 0.3 is 6.09 Å². The summed E-state index contributed by atoms with van der Waals surface area (Å²) >= 11 is 1.71. The number of amides is 2. The fraction of sp³-hybridized carbons (Fsp3) is 0.609. The Morgan fingerprint density at radius 3 is 2.50 bits per heavy atom. The highest BCUT2D eigenvalue weighted by Gasteiger charge is 2.36. The van der Waals surface area contributed by atoms with Crippen molar-refractivity contribution in [2.75, 3.05) is 19.6 Å². The van der Waals surface area contributed by atoms with Crippen LogP contribution in [0, 0.1) is 5.92 Å². The van der Waals surface area contributed by atoms with Crippen LogP contribution < -0.4 is 0 Å². The Bertz CT molecular complexity index is 879. The Morgan fingerprint density at radius 2 is 1.80 bits per heavy atom. The third-order valence-electron chi connectivity index (χ3n) is 5.88. The van der Waals surface area contributed by atoms with E-state index in [1.165, 1.54) is 4.70 Å². The molecule has 30 heavy (non-hydrogen) atoms. The molecule has 1 aromatic carbocycles. The zero-order valence-electron chi connectivity index (χ0n) is 18.1. The fourth-order valence-corrected chi connectivity index (χ4v) is 5.47. The zero-order valence-corrected chi connectivity index (χ0v) is 18.9. The molecule has 2 aliphatic rings. The summed E-state index contributed by atoms with van der Waals surface area (Å²) in [5, 5.41) is 1.05. The molecule has 0 bridgehead atoms. The van der Waals surface area contributed by atoms with Gasteiger partial charge in [0.25, 0.3) is 0 Å². The molecular formula is C23H31N3O3S. The van der Waals surface area contributed by atoms with Crippen LogP contribution in [0.2, 0.25) is 0 Å². The topological polar surface area (TPSA) is 62.7 Å². The average molecular weight is 430 g/mol. The molecular weight excluding hydrogens is 398 g/mol. The Hall–Kier alpha value is -2.15. The molecule has 2 fully saturated rings. The number of carbonyl (C=O) groups excluding carboxylic acids is 2. The van der Waals surface area contributed by atoms with E-state index in [9.17, 15) is 9.59 Å². The highest BCUT2D eigenvalue weighted by atomic mass is 32.1. The van der Waals surface area contributed by atoms with Gasteiger partial charge in [0.15, 0.2) is 0 Å². The lowest BCUT2D eigenvalue weighted by molar-refractivity contribution is -0.141. The molecule has 4 rings (SSSR count). The second-order valence-electron chi connectivity index (χ2n) is 9.30. The number of hydrogen-bond acceptors (Lipinski definition) is 5. The molecule has 1 aromatic heterocycles. The Balaban J connectivity index is 1.42. The van der Waals surface area contributed by atoms with Gasteiger partial charge in [-0.25, -0.2) is 9.78 Å². The second kappa shape index (κ2) is 8.53. The predicted molar refractivity (Wildman–Crippen MR) is 118 cm³/mol. The molecule has 2 amide bonds. The predicted octanol–water partition coefficient (Wildman–Crippen LogP) is 5.00. The average Bonchev–Trinajstić information content (AvgIpc) is 3.16. The number of benzene rings is 1. The van der Waals surface area contributed by atoms with Gasteiger partial charge in [-0.05, 0) is 65.0 Å². The Kier molecular flexibility index (Phi) is 6.00. The van der Waals surface area contributed by atoms with Crippen LogP contribution in [-0.2, 0) is 9.53 Å². The number of piperidine rings is 2.